The highest BCUT2D eigenvalue weighted by atomic mass is 16.3. The minimum Gasteiger partial charge on any atom is -0.468 e. The lowest BCUT2D eigenvalue weighted by Crippen LogP contribution is -2.40. The predicted octanol–water partition coefficient (Wildman–Crippen LogP) is 3.26. The van der Waals surface area contributed by atoms with Crippen LogP contribution < -0.4 is 5.73 Å². The molecule has 1 aromatic carbocycles. The van der Waals surface area contributed by atoms with Crippen LogP contribution in [0.1, 0.15) is 60.6 Å². The van der Waals surface area contributed by atoms with Gasteiger partial charge in [0.05, 0.1) is 29.3 Å². The summed E-state index contributed by atoms with van der Waals surface area (Å²) in [6.45, 7) is 5.59. The SMILES string of the molecule is CC(C)n1c(C2CCCN(C(=O)c3ccoc3CC(N)=O)C2)nc2ccccc21. The zero-order valence-electron chi connectivity index (χ0n) is 16.8. The maximum absolute atomic E-state index is 13.1. The van der Waals surface area contributed by atoms with Crippen LogP contribution in [0.5, 0.6) is 0 Å². The van der Waals surface area contributed by atoms with Crippen molar-refractivity contribution in [2.45, 2.75) is 45.1 Å². The molecule has 1 aliphatic heterocycles. The van der Waals surface area contributed by atoms with Crippen LogP contribution in [0.4, 0.5) is 0 Å². The summed E-state index contributed by atoms with van der Waals surface area (Å²) in [7, 11) is 0. The zero-order chi connectivity index (χ0) is 20.5. The number of imidazole rings is 1. The van der Waals surface area contributed by atoms with Gasteiger partial charge in [-0.15, -0.1) is 0 Å². The van der Waals surface area contributed by atoms with Gasteiger partial charge in [-0.1, -0.05) is 12.1 Å². The lowest BCUT2D eigenvalue weighted by Gasteiger charge is -2.33. The average Bonchev–Trinajstić information content (AvgIpc) is 3.31. The molecule has 0 saturated carbocycles. The molecule has 3 aromatic rings. The molecule has 1 aliphatic rings. The fourth-order valence-corrected chi connectivity index (χ4v) is 4.26. The molecule has 29 heavy (non-hydrogen) atoms. The van der Waals surface area contributed by atoms with Crippen LogP contribution >= 0.6 is 0 Å². The van der Waals surface area contributed by atoms with E-state index >= 15 is 0 Å². The molecule has 2 amide bonds. The summed E-state index contributed by atoms with van der Waals surface area (Å²) in [5.74, 6) is 0.888. The van der Waals surface area contributed by atoms with E-state index in [1.807, 2.05) is 23.1 Å². The average molecular weight is 394 g/mol. The van der Waals surface area contributed by atoms with Gasteiger partial charge in [-0.3, -0.25) is 9.59 Å². The van der Waals surface area contributed by atoms with E-state index in [0.717, 1.165) is 29.7 Å². The Morgan fingerprint density at radius 3 is 2.83 bits per heavy atom. The maximum Gasteiger partial charge on any atom is 0.257 e. The highest BCUT2D eigenvalue weighted by molar-refractivity contribution is 5.96. The maximum atomic E-state index is 13.1. The van der Waals surface area contributed by atoms with Crippen LogP contribution in [-0.2, 0) is 11.2 Å². The largest absolute Gasteiger partial charge is 0.468 e. The third kappa shape index (κ3) is 3.64. The fourth-order valence-electron chi connectivity index (χ4n) is 4.26. The minimum atomic E-state index is -0.517. The van der Waals surface area contributed by atoms with Crippen LogP contribution in [0.2, 0.25) is 0 Å². The molecule has 1 fully saturated rings. The lowest BCUT2D eigenvalue weighted by atomic mass is 9.96. The number of carbonyl (C=O) groups is 2. The molecule has 2 N–H and O–H groups in total. The van der Waals surface area contributed by atoms with E-state index in [4.69, 9.17) is 15.1 Å². The van der Waals surface area contributed by atoms with Crippen LogP contribution in [0.3, 0.4) is 0 Å². The highest BCUT2D eigenvalue weighted by Gasteiger charge is 2.31. The summed E-state index contributed by atoms with van der Waals surface area (Å²) >= 11 is 0. The van der Waals surface area contributed by atoms with Crippen molar-refractivity contribution in [2.75, 3.05) is 13.1 Å². The van der Waals surface area contributed by atoms with Gasteiger partial charge in [0.15, 0.2) is 0 Å². The minimum absolute atomic E-state index is 0.0749. The molecule has 0 spiro atoms. The molecular weight excluding hydrogens is 368 g/mol. The fraction of sp³-hybridized carbons (Fsp3) is 0.409. The van der Waals surface area contributed by atoms with Gasteiger partial charge in [-0.2, -0.15) is 0 Å². The molecule has 152 valence electrons. The molecule has 3 heterocycles. The van der Waals surface area contributed by atoms with Gasteiger partial charge in [-0.25, -0.2) is 4.98 Å². The number of hydrogen-bond acceptors (Lipinski definition) is 4. The summed E-state index contributed by atoms with van der Waals surface area (Å²) in [4.78, 5) is 31.1. The molecule has 1 unspecified atom stereocenters. The van der Waals surface area contributed by atoms with Gasteiger partial charge < -0.3 is 19.6 Å². The predicted molar refractivity (Wildman–Crippen MR) is 110 cm³/mol. The Balaban J connectivity index is 1.62. The Hall–Kier alpha value is -3.09. The van der Waals surface area contributed by atoms with Crippen LogP contribution in [0.15, 0.2) is 41.0 Å². The number of nitrogens with zero attached hydrogens (tertiary/aromatic N) is 3. The Bertz CT molecular complexity index is 1050. The van der Waals surface area contributed by atoms with Crippen molar-refractivity contribution in [2.24, 2.45) is 5.73 Å². The van der Waals surface area contributed by atoms with Gasteiger partial charge in [0.2, 0.25) is 5.91 Å². The van der Waals surface area contributed by atoms with Crippen LogP contribution in [-0.4, -0.2) is 39.4 Å². The molecule has 1 atom stereocenters. The first-order valence-corrected chi connectivity index (χ1v) is 10.1. The van der Waals surface area contributed by atoms with Crippen LogP contribution in [0, 0.1) is 0 Å². The number of piperidine rings is 1. The lowest BCUT2D eigenvalue weighted by molar-refractivity contribution is -0.117. The number of hydrogen-bond donors (Lipinski definition) is 1. The third-order valence-electron chi connectivity index (χ3n) is 5.52. The van der Waals surface area contributed by atoms with Gasteiger partial charge >= 0.3 is 0 Å². The summed E-state index contributed by atoms with van der Waals surface area (Å²) in [6.07, 6.45) is 3.25. The summed E-state index contributed by atoms with van der Waals surface area (Å²) in [6, 6.07) is 10.1. The van der Waals surface area contributed by atoms with Crippen molar-refractivity contribution >= 4 is 22.8 Å². The number of aromatic nitrogens is 2. The monoisotopic (exact) mass is 394 g/mol. The van der Waals surface area contributed by atoms with Crippen molar-refractivity contribution in [3.8, 4) is 0 Å². The first-order chi connectivity index (χ1) is 14.0. The van der Waals surface area contributed by atoms with E-state index < -0.39 is 5.91 Å². The number of benzene rings is 1. The number of carbonyl (C=O) groups excluding carboxylic acids is 2. The number of rotatable bonds is 5. The van der Waals surface area contributed by atoms with Crippen molar-refractivity contribution in [3.63, 3.8) is 0 Å². The van der Waals surface area contributed by atoms with Crippen LogP contribution in [0.25, 0.3) is 11.0 Å². The molecule has 2 aromatic heterocycles. The molecule has 0 bridgehead atoms. The first-order valence-electron chi connectivity index (χ1n) is 10.1. The molecule has 1 saturated heterocycles. The Morgan fingerprint density at radius 1 is 1.28 bits per heavy atom. The first kappa shape index (κ1) is 19.2. The van der Waals surface area contributed by atoms with E-state index in [2.05, 4.69) is 24.5 Å². The van der Waals surface area contributed by atoms with Gasteiger partial charge in [0, 0.05) is 25.0 Å². The smallest absolute Gasteiger partial charge is 0.257 e. The quantitative estimate of drug-likeness (QED) is 0.719. The number of primary amides is 1. The molecule has 7 heteroatoms. The van der Waals surface area contributed by atoms with Gasteiger partial charge in [-0.05, 0) is 44.9 Å². The second-order valence-electron chi connectivity index (χ2n) is 7.91. The third-order valence-corrected chi connectivity index (χ3v) is 5.52. The van der Waals surface area contributed by atoms with E-state index in [-0.39, 0.29) is 24.3 Å². The summed E-state index contributed by atoms with van der Waals surface area (Å²) < 4.78 is 7.61. The number of likely N-dealkylation sites (tertiary alicyclic amines) is 1. The van der Waals surface area contributed by atoms with Crippen molar-refractivity contribution < 1.29 is 14.0 Å². The molecule has 0 aliphatic carbocycles. The number of para-hydroxylation sites is 2. The standard InChI is InChI=1S/C22H26N4O3/c1-14(2)26-18-8-4-3-7-17(18)24-21(26)15-6-5-10-25(13-15)22(28)16-9-11-29-19(16)12-20(23)27/h3-4,7-9,11,14-15H,5-6,10,12-13H2,1-2H3,(H2,23,27). The summed E-state index contributed by atoms with van der Waals surface area (Å²) in [5.41, 5.74) is 7.80. The molecular formula is C22H26N4O3. The molecule has 0 radical (unpaired) electrons. The Kier molecular flexibility index (Phi) is 5.13. The topological polar surface area (TPSA) is 94.4 Å². The van der Waals surface area contributed by atoms with Gasteiger partial charge in [0.25, 0.3) is 5.91 Å². The van der Waals surface area contributed by atoms with Crippen molar-refractivity contribution in [1.82, 2.24) is 14.5 Å². The zero-order valence-corrected chi connectivity index (χ0v) is 16.8. The van der Waals surface area contributed by atoms with Crippen molar-refractivity contribution in [3.05, 3.63) is 53.7 Å². The number of fused-ring (bicyclic) bond motifs is 1. The Morgan fingerprint density at radius 2 is 2.07 bits per heavy atom. The normalized spacial score (nSPS) is 17.2. The highest BCUT2D eigenvalue weighted by Crippen LogP contribution is 2.32. The van der Waals surface area contributed by atoms with E-state index in [1.165, 1.54) is 6.26 Å². The van der Waals surface area contributed by atoms with Gasteiger partial charge in [0.1, 0.15) is 11.6 Å². The number of nitrogens with two attached hydrogens (primary N) is 1. The molecule has 7 nitrogen and oxygen atoms in total. The Labute approximate surface area is 169 Å². The summed E-state index contributed by atoms with van der Waals surface area (Å²) in [5, 5.41) is 0. The van der Waals surface area contributed by atoms with E-state index in [9.17, 15) is 9.59 Å². The van der Waals surface area contributed by atoms with E-state index in [0.29, 0.717) is 24.4 Å². The van der Waals surface area contributed by atoms with Crippen molar-refractivity contribution in [1.29, 1.82) is 0 Å². The number of furan rings is 1. The van der Waals surface area contributed by atoms with E-state index in [1.54, 1.807) is 6.07 Å². The number of amides is 2. The second kappa shape index (κ2) is 7.73. The molecule has 4 rings (SSSR count). The second-order valence-corrected chi connectivity index (χ2v) is 7.91.